The molecule has 3 rings (SSSR count). The molecule has 0 aliphatic carbocycles. The van der Waals surface area contributed by atoms with Crippen molar-refractivity contribution in [3.8, 4) is 0 Å². The van der Waals surface area contributed by atoms with Gasteiger partial charge in [0.1, 0.15) is 11.8 Å². The third-order valence-electron chi connectivity index (χ3n) is 4.82. The Morgan fingerprint density at radius 1 is 1.31 bits per heavy atom. The molecule has 2 aromatic heterocycles. The topological polar surface area (TPSA) is 102 Å². The van der Waals surface area contributed by atoms with Gasteiger partial charge in [-0.05, 0) is 25.1 Å². The molecule has 0 radical (unpaired) electrons. The molecule has 0 bridgehead atoms. The Kier molecular flexibility index (Phi) is 5.65. The SMILES string of the molecule is C[C@@H]1OC(N)=N[C@](c2cc(NC(=O)c3ccc(Cl)cn3)cnc2F)(C(F)F)[C@@H]1C. The summed E-state index contributed by atoms with van der Waals surface area (Å²) in [6.45, 7) is 2.99. The largest absolute Gasteiger partial charge is 0.462 e. The van der Waals surface area contributed by atoms with Crippen molar-refractivity contribution in [2.75, 3.05) is 5.32 Å². The molecule has 1 aliphatic rings. The number of amides is 1. The fourth-order valence-corrected chi connectivity index (χ4v) is 3.25. The first-order chi connectivity index (χ1) is 13.6. The van der Waals surface area contributed by atoms with E-state index >= 15 is 0 Å². The molecule has 3 heterocycles. The van der Waals surface area contributed by atoms with E-state index in [0.29, 0.717) is 5.02 Å². The fourth-order valence-electron chi connectivity index (χ4n) is 3.13. The number of carbonyl (C=O) groups excluding carboxylic acids is 1. The number of amidine groups is 1. The van der Waals surface area contributed by atoms with Crippen molar-refractivity contribution in [1.82, 2.24) is 9.97 Å². The molecule has 0 saturated heterocycles. The molecule has 3 N–H and O–H groups in total. The van der Waals surface area contributed by atoms with E-state index in [2.05, 4.69) is 20.3 Å². The lowest BCUT2D eigenvalue weighted by molar-refractivity contribution is -0.0367. The summed E-state index contributed by atoms with van der Waals surface area (Å²) in [6, 6.07) is 3.43. The third-order valence-corrected chi connectivity index (χ3v) is 5.04. The van der Waals surface area contributed by atoms with Crippen LogP contribution in [0.4, 0.5) is 18.9 Å². The Labute approximate surface area is 169 Å². The van der Waals surface area contributed by atoms with Gasteiger partial charge in [-0.2, -0.15) is 4.39 Å². The van der Waals surface area contributed by atoms with E-state index < -0.39 is 47.4 Å². The molecule has 0 fully saturated rings. The molecule has 29 heavy (non-hydrogen) atoms. The number of carbonyl (C=O) groups is 1. The number of aromatic nitrogens is 2. The minimum Gasteiger partial charge on any atom is -0.462 e. The molecule has 1 amide bonds. The van der Waals surface area contributed by atoms with Crippen molar-refractivity contribution >= 4 is 29.2 Å². The van der Waals surface area contributed by atoms with Crippen LogP contribution in [0.25, 0.3) is 0 Å². The highest BCUT2D eigenvalue weighted by molar-refractivity contribution is 6.30. The third kappa shape index (κ3) is 3.84. The summed E-state index contributed by atoms with van der Waals surface area (Å²) >= 11 is 5.73. The highest BCUT2D eigenvalue weighted by atomic mass is 35.5. The average Bonchev–Trinajstić information content (AvgIpc) is 2.66. The molecular weight excluding hydrogens is 411 g/mol. The lowest BCUT2D eigenvalue weighted by Crippen LogP contribution is -2.51. The Bertz CT molecular complexity index is 957. The molecule has 11 heteroatoms. The van der Waals surface area contributed by atoms with E-state index in [1.807, 2.05) is 0 Å². The molecule has 0 spiro atoms. The molecule has 0 unspecified atom stereocenters. The van der Waals surface area contributed by atoms with Gasteiger partial charge in [0.15, 0.2) is 5.54 Å². The van der Waals surface area contributed by atoms with E-state index in [4.69, 9.17) is 22.1 Å². The number of nitrogens with two attached hydrogens (primary N) is 1. The summed E-state index contributed by atoms with van der Waals surface area (Å²) in [7, 11) is 0. The summed E-state index contributed by atoms with van der Waals surface area (Å²) in [5, 5.41) is 2.79. The Morgan fingerprint density at radius 3 is 2.66 bits per heavy atom. The van der Waals surface area contributed by atoms with Gasteiger partial charge in [0.2, 0.25) is 5.95 Å². The van der Waals surface area contributed by atoms with E-state index in [9.17, 15) is 18.0 Å². The van der Waals surface area contributed by atoms with Crippen LogP contribution in [0, 0.1) is 11.9 Å². The molecule has 2 aromatic rings. The number of anilines is 1. The fraction of sp³-hybridized carbons (Fsp3) is 0.333. The normalized spacial score (nSPS) is 24.0. The molecular formula is C18H17ClF3N5O2. The monoisotopic (exact) mass is 427 g/mol. The predicted octanol–water partition coefficient (Wildman–Crippen LogP) is 3.35. The lowest BCUT2D eigenvalue weighted by Gasteiger charge is -2.41. The van der Waals surface area contributed by atoms with Crippen molar-refractivity contribution in [2.45, 2.75) is 31.9 Å². The highest BCUT2D eigenvalue weighted by Gasteiger charge is 2.54. The van der Waals surface area contributed by atoms with Crippen molar-refractivity contribution in [3.05, 3.63) is 52.8 Å². The number of rotatable bonds is 4. The molecule has 7 nitrogen and oxygen atoms in total. The second-order valence-electron chi connectivity index (χ2n) is 6.57. The summed E-state index contributed by atoms with van der Waals surface area (Å²) in [6.07, 6.45) is -1.58. The van der Waals surface area contributed by atoms with Crippen LogP contribution in [0.15, 0.2) is 35.6 Å². The van der Waals surface area contributed by atoms with Gasteiger partial charge in [-0.3, -0.25) is 4.79 Å². The van der Waals surface area contributed by atoms with Crippen LogP contribution in [0.5, 0.6) is 0 Å². The van der Waals surface area contributed by atoms with Crippen LogP contribution in [0.2, 0.25) is 5.02 Å². The number of halogens is 4. The second kappa shape index (κ2) is 7.86. The van der Waals surface area contributed by atoms with Crippen molar-refractivity contribution in [2.24, 2.45) is 16.6 Å². The first kappa shape index (κ1) is 20.8. The van der Waals surface area contributed by atoms with Crippen LogP contribution >= 0.6 is 11.6 Å². The highest BCUT2D eigenvalue weighted by Crippen LogP contribution is 2.45. The Morgan fingerprint density at radius 2 is 2.03 bits per heavy atom. The predicted molar refractivity (Wildman–Crippen MR) is 100 cm³/mol. The van der Waals surface area contributed by atoms with Gasteiger partial charge < -0.3 is 15.8 Å². The molecule has 0 saturated carbocycles. The number of hydrogen-bond donors (Lipinski definition) is 2. The number of pyridine rings is 2. The maximum absolute atomic E-state index is 14.6. The maximum Gasteiger partial charge on any atom is 0.283 e. The number of ether oxygens (including phenoxy) is 1. The quantitative estimate of drug-likeness (QED) is 0.728. The van der Waals surface area contributed by atoms with Crippen LogP contribution < -0.4 is 11.1 Å². The number of hydrogen-bond acceptors (Lipinski definition) is 6. The van der Waals surface area contributed by atoms with Crippen LogP contribution in [-0.4, -0.2) is 34.4 Å². The smallest absolute Gasteiger partial charge is 0.283 e. The van der Waals surface area contributed by atoms with Gasteiger partial charge in [0.05, 0.1) is 16.9 Å². The van der Waals surface area contributed by atoms with Gasteiger partial charge in [0, 0.05) is 17.7 Å². The van der Waals surface area contributed by atoms with E-state index in [0.717, 1.165) is 12.3 Å². The minimum absolute atomic E-state index is 0.0108. The van der Waals surface area contributed by atoms with E-state index in [1.165, 1.54) is 32.2 Å². The van der Waals surface area contributed by atoms with Gasteiger partial charge in [-0.1, -0.05) is 18.5 Å². The van der Waals surface area contributed by atoms with Crippen LogP contribution in [0.3, 0.4) is 0 Å². The molecule has 1 aliphatic heterocycles. The minimum atomic E-state index is -3.11. The summed E-state index contributed by atoms with van der Waals surface area (Å²) in [4.78, 5) is 23.5. The van der Waals surface area contributed by atoms with Crippen molar-refractivity contribution < 1.29 is 22.7 Å². The Hall–Kier alpha value is -2.88. The number of nitrogens with one attached hydrogen (secondary N) is 1. The Balaban J connectivity index is 2.02. The van der Waals surface area contributed by atoms with Gasteiger partial charge >= 0.3 is 0 Å². The average molecular weight is 428 g/mol. The number of alkyl halides is 2. The van der Waals surface area contributed by atoms with Gasteiger partial charge in [-0.15, -0.1) is 0 Å². The van der Waals surface area contributed by atoms with Gasteiger partial charge in [0.25, 0.3) is 18.4 Å². The van der Waals surface area contributed by atoms with Gasteiger partial charge in [-0.25, -0.2) is 23.7 Å². The zero-order valence-corrected chi connectivity index (χ0v) is 16.1. The maximum atomic E-state index is 14.6. The van der Waals surface area contributed by atoms with E-state index in [1.54, 1.807) is 0 Å². The van der Waals surface area contributed by atoms with E-state index in [-0.39, 0.29) is 11.4 Å². The van der Waals surface area contributed by atoms with Crippen molar-refractivity contribution in [3.63, 3.8) is 0 Å². The molecule has 3 atom stereocenters. The molecule has 154 valence electrons. The lowest BCUT2D eigenvalue weighted by atomic mass is 9.76. The summed E-state index contributed by atoms with van der Waals surface area (Å²) in [5.74, 6) is -2.73. The zero-order chi connectivity index (χ0) is 21.3. The standard InChI is InChI=1S/C18H17ClF3N5O2/c1-8-9(2)29-17(23)27-18(8,16(21)22)12-5-11(7-25-14(12)20)26-15(28)13-4-3-10(19)6-24-13/h3-9,16H,1-2H3,(H2,23,27)(H,26,28)/t8-,9+,18-/m1/s1. The van der Waals surface area contributed by atoms with Crippen molar-refractivity contribution in [1.29, 1.82) is 0 Å². The van der Waals surface area contributed by atoms with Crippen LogP contribution in [0.1, 0.15) is 29.9 Å². The summed E-state index contributed by atoms with van der Waals surface area (Å²) in [5.41, 5.74) is 2.75. The summed E-state index contributed by atoms with van der Waals surface area (Å²) < 4.78 is 48.2. The number of aliphatic imine (C=N–C) groups is 1. The van der Waals surface area contributed by atoms with Crippen LogP contribution in [-0.2, 0) is 10.3 Å². The second-order valence-corrected chi connectivity index (χ2v) is 7.00. The first-order valence-corrected chi connectivity index (χ1v) is 8.92. The first-order valence-electron chi connectivity index (χ1n) is 8.54. The zero-order valence-electron chi connectivity index (χ0n) is 15.4. The molecule has 0 aromatic carbocycles. The number of nitrogens with zero attached hydrogens (tertiary/aromatic N) is 3.